The summed E-state index contributed by atoms with van der Waals surface area (Å²) >= 11 is 6.06. The zero-order valence-corrected chi connectivity index (χ0v) is 22.4. The normalized spacial score (nSPS) is 16.0. The lowest BCUT2D eigenvalue weighted by Crippen LogP contribution is -2.48. The van der Waals surface area contributed by atoms with Crippen LogP contribution in [0.2, 0.25) is 5.02 Å². The molecule has 2 unspecified atom stereocenters. The maximum absolute atomic E-state index is 12.9. The van der Waals surface area contributed by atoms with E-state index in [1.54, 1.807) is 36.5 Å². The van der Waals surface area contributed by atoms with Gasteiger partial charge in [-0.3, -0.25) is 9.69 Å². The standard InChI is InChI=1S/C28H32ClFN6O3/c1-17-11-20(36-9-7-35(8-10-36)16-21(37)14-30)13-23-26(17)34-27(33-23)25-22(5-6-31-28(25)39)32-15-24(38)18-3-2-4-19(29)12-18/h2-6,11-13,21,24,37-38H,7-10,14-16H2,1H3,(H,33,34)(H2,31,32,39). The van der Waals surface area contributed by atoms with E-state index >= 15 is 0 Å². The van der Waals surface area contributed by atoms with Crippen LogP contribution in [0.1, 0.15) is 17.2 Å². The molecule has 5 rings (SSSR count). The molecular formula is C28H32ClFN6O3. The molecule has 0 saturated carbocycles. The van der Waals surface area contributed by atoms with Gasteiger partial charge in [0.1, 0.15) is 18.1 Å². The molecule has 1 aliphatic rings. The number of aliphatic hydroxyl groups is 2. The summed E-state index contributed by atoms with van der Waals surface area (Å²) < 4.78 is 12.7. The molecular weight excluding hydrogens is 523 g/mol. The number of piperazine rings is 1. The number of pyridine rings is 1. The Morgan fingerprint density at radius 1 is 1.15 bits per heavy atom. The van der Waals surface area contributed by atoms with E-state index in [2.05, 4.69) is 31.2 Å². The first-order chi connectivity index (χ1) is 18.8. The SMILES string of the molecule is Cc1cc(N2CCN(CC(O)CF)CC2)cc2[nH]c(-c3c(NCC(O)c4cccc(Cl)c4)cc[nH]c3=O)nc12. The third-order valence-corrected chi connectivity index (χ3v) is 7.30. The number of halogens is 2. The molecule has 0 spiro atoms. The summed E-state index contributed by atoms with van der Waals surface area (Å²) in [6.45, 7) is 4.75. The lowest BCUT2D eigenvalue weighted by Gasteiger charge is -2.36. The number of benzene rings is 2. The van der Waals surface area contributed by atoms with E-state index in [1.165, 1.54) is 0 Å². The highest BCUT2D eigenvalue weighted by Crippen LogP contribution is 2.30. The van der Waals surface area contributed by atoms with Crippen molar-refractivity contribution in [1.29, 1.82) is 0 Å². The van der Waals surface area contributed by atoms with Crippen molar-refractivity contribution in [2.75, 3.05) is 56.2 Å². The smallest absolute Gasteiger partial charge is 0.261 e. The number of nitrogens with one attached hydrogen (secondary N) is 3. The maximum Gasteiger partial charge on any atom is 0.261 e. The van der Waals surface area contributed by atoms with E-state index in [9.17, 15) is 19.4 Å². The van der Waals surface area contributed by atoms with Crippen molar-refractivity contribution >= 4 is 34.0 Å². The maximum atomic E-state index is 12.9. The molecule has 0 bridgehead atoms. The van der Waals surface area contributed by atoms with E-state index in [0.29, 0.717) is 34.2 Å². The molecule has 3 heterocycles. The number of nitrogens with zero attached hydrogens (tertiary/aromatic N) is 3. The molecule has 4 aromatic rings. The molecule has 206 valence electrons. The highest BCUT2D eigenvalue weighted by molar-refractivity contribution is 6.30. The van der Waals surface area contributed by atoms with Crippen molar-refractivity contribution in [2.45, 2.75) is 19.1 Å². The van der Waals surface area contributed by atoms with E-state index < -0.39 is 18.9 Å². The van der Waals surface area contributed by atoms with Gasteiger partial charge in [0, 0.05) is 56.2 Å². The summed E-state index contributed by atoms with van der Waals surface area (Å²) in [5.41, 5.74) is 4.85. The number of aryl methyl sites for hydroxylation is 1. The Balaban J connectivity index is 1.37. The van der Waals surface area contributed by atoms with Gasteiger partial charge in [-0.1, -0.05) is 23.7 Å². The minimum Gasteiger partial charge on any atom is -0.389 e. The zero-order chi connectivity index (χ0) is 27.5. The minimum atomic E-state index is -0.945. The first kappa shape index (κ1) is 27.1. The van der Waals surface area contributed by atoms with E-state index in [4.69, 9.17) is 16.6 Å². The predicted molar refractivity (Wildman–Crippen MR) is 152 cm³/mol. The van der Waals surface area contributed by atoms with Gasteiger partial charge in [-0.15, -0.1) is 0 Å². The van der Waals surface area contributed by atoms with Crippen molar-refractivity contribution in [3.8, 4) is 11.4 Å². The van der Waals surface area contributed by atoms with Gasteiger partial charge in [-0.05, 0) is 48.4 Å². The third kappa shape index (κ3) is 6.09. The Kier molecular flexibility index (Phi) is 8.18. The van der Waals surface area contributed by atoms with E-state index in [-0.39, 0.29) is 12.1 Å². The second-order valence-corrected chi connectivity index (χ2v) is 10.3. The van der Waals surface area contributed by atoms with Gasteiger partial charge in [0.25, 0.3) is 5.56 Å². The predicted octanol–water partition coefficient (Wildman–Crippen LogP) is 3.48. The van der Waals surface area contributed by atoms with Crippen molar-refractivity contribution in [3.63, 3.8) is 0 Å². The number of β-amino-alcohol motifs (C(OH)–C–C–N with tert-alkyl or cyclic N) is 1. The molecule has 1 aliphatic heterocycles. The van der Waals surface area contributed by atoms with Crippen LogP contribution in [-0.2, 0) is 0 Å². The van der Waals surface area contributed by atoms with Crippen molar-refractivity contribution in [3.05, 3.63) is 75.2 Å². The Morgan fingerprint density at radius 3 is 2.69 bits per heavy atom. The number of aromatic nitrogens is 3. The van der Waals surface area contributed by atoms with Crippen LogP contribution < -0.4 is 15.8 Å². The Hall–Kier alpha value is -3.44. The van der Waals surface area contributed by atoms with Crippen LogP contribution in [-0.4, -0.2) is 82.1 Å². The van der Waals surface area contributed by atoms with Crippen LogP contribution in [0, 0.1) is 6.92 Å². The molecule has 39 heavy (non-hydrogen) atoms. The number of fused-ring (bicyclic) bond motifs is 1. The molecule has 1 saturated heterocycles. The average molecular weight is 555 g/mol. The Bertz CT molecular complexity index is 1500. The number of aliphatic hydroxyl groups excluding tert-OH is 2. The highest BCUT2D eigenvalue weighted by atomic mass is 35.5. The Morgan fingerprint density at radius 2 is 1.95 bits per heavy atom. The first-order valence-corrected chi connectivity index (χ1v) is 13.3. The monoisotopic (exact) mass is 554 g/mol. The van der Waals surface area contributed by atoms with Gasteiger partial charge >= 0.3 is 0 Å². The molecule has 11 heteroatoms. The van der Waals surface area contributed by atoms with Crippen LogP contribution in [0.15, 0.2) is 53.5 Å². The fourth-order valence-corrected chi connectivity index (χ4v) is 5.21. The van der Waals surface area contributed by atoms with Gasteiger partial charge in [-0.25, -0.2) is 9.37 Å². The van der Waals surface area contributed by atoms with Crippen LogP contribution in [0.5, 0.6) is 0 Å². The topological polar surface area (TPSA) is 121 Å². The Labute approximate surface area is 230 Å². The van der Waals surface area contributed by atoms with Gasteiger partial charge in [0.2, 0.25) is 0 Å². The fraction of sp³-hybridized carbons (Fsp3) is 0.357. The van der Waals surface area contributed by atoms with E-state index in [0.717, 1.165) is 48.5 Å². The quantitative estimate of drug-likeness (QED) is 0.215. The molecule has 0 amide bonds. The van der Waals surface area contributed by atoms with Gasteiger partial charge in [0.15, 0.2) is 0 Å². The van der Waals surface area contributed by atoms with Crippen molar-refractivity contribution < 1.29 is 14.6 Å². The number of hydrogen-bond acceptors (Lipinski definition) is 7. The highest BCUT2D eigenvalue weighted by Gasteiger charge is 2.22. The van der Waals surface area contributed by atoms with Gasteiger partial charge < -0.3 is 30.4 Å². The molecule has 0 aliphatic carbocycles. The van der Waals surface area contributed by atoms with E-state index in [1.807, 2.05) is 13.0 Å². The van der Waals surface area contributed by atoms with Crippen molar-refractivity contribution in [1.82, 2.24) is 19.9 Å². The molecule has 2 atom stereocenters. The number of rotatable bonds is 9. The zero-order valence-electron chi connectivity index (χ0n) is 21.6. The van der Waals surface area contributed by atoms with Crippen LogP contribution in [0.4, 0.5) is 15.8 Å². The lowest BCUT2D eigenvalue weighted by molar-refractivity contribution is 0.0871. The number of alkyl halides is 1. The number of anilines is 2. The summed E-state index contributed by atoms with van der Waals surface area (Å²) in [7, 11) is 0. The van der Waals surface area contributed by atoms with Gasteiger partial charge in [0.05, 0.1) is 28.9 Å². The molecule has 5 N–H and O–H groups in total. The van der Waals surface area contributed by atoms with Crippen molar-refractivity contribution in [2.24, 2.45) is 0 Å². The molecule has 0 radical (unpaired) electrons. The second kappa shape index (κ2) is 11.7. The molecule has 2 aromatic carbocycles. The first-order valence-electron chi connectivity index (χ1n) is 12.9. The third-order valence-electron chi connectivity index (χ3n) is 7.06. The lowest BCUT2D eigenvalue weighted by atomic mass is 10.1. The largest absolute Gasteiger partial charge is 0.389 e. The second-order valence-electron chi connectivity index (χ2n) is 9.89. The summed E-state index contributed by atoms with van der Waals surface area (Å²) in [4.78, 5) is 28.0. The number of H-pyrrole nitrogens is 2. The van der Waals surface area contributed by atoms with Crippen LogP contribution in [0.3, 0.4) is 0 Å². The molecule has 2 aromatic heterocycles. The molecule has 9 nitrogen and oxygen atoms in total. The number of imidazole rings is 1. The summed E-state index contributed by atoms with van der Waals surface area (Å²) in [6.07, 6.45) is -0.214. The van der Waals surface area contributed by atoms with Gasteiger partial charge in [-0.2, -0.15) is 0 Å². The molecule has 1 fully saturated rings. The number of hydrogen-bond donors (Lipinski definition) is 5. The summed E-state index contributed by atoms with van der Waals surface area (Å²) in [6, 6.07) is 12.9. The van der Waals surface area contributed by atoms with Crippen LogP contribution >= 0.6 is 11.6 Å². The average Bonchev–Trinajstić information content (AvgIpc) is 3.36. The van der Waals surface area contributed by atoms with Crippen LogP contribution in [0.25, 0.3) is 22.4 Å². The fourth-order valence-electron chi connectivity index (χ4n) is 5.01. The summed E-state index contributed by atoms with van der Waals surface area (Å²) in [5.74, 6) is 0.428. The minimum absolute atomic E-state index is 0.175. The summed E-state index contributed by atoms with van der Waals surface area (Å²) in [5, 5.41) is 24.0. The number of aromatic amines is 2.